The predicted molar refractivity (Wildman–Crippen MR) is 68.5 cm³/mol. The second-order valence-corrected chi connectivity index (χ2v) is 6.17. The summed E-state index contributed by atoms with van der Waals surface area (Å²) >= 11 is 5.47. The Morgan fingerprint density at radius 1 is 1.28 bits per heavy atom. The average Bonchev–Trinajstić information content (AvgIpc) is 2.81. The molecule has 1 aliphatic heterocycles. The smallest absolute Gasteiger partial charge is 0.231 e. The van der Waals surface area contributed by atoms with Gasteiger partial charge in [0, 0.05) is 12.4 Å². The number of nitrogens with one attached hydrogen (secondary N) is 1. The first-order valence-corrected chi connectivity index (χ1v) is 7.71. The molecule has 0 bridgehead atoms. The molecule has 0 radical (unpaired) electrons. The molecule has 1 heterocycles. The van der Waals surface area contributed by atoms with Crippen molar-refractivity contribution in [2.75, 3.05) is 18.4 Å². The molecule has 1 aromatic carbocycles. The highest BCUT2D eigenvalue weighted by atomic mass is 35.5. The van der Waals surface area contributed by atoms with Gasteiger partial charge in [0.2, 0.25) is 16.8 Å². The highest BCUT2D eigenvalue weighted by molar-refractivity contribution is 7.89. The number of hydrogen-bond donors (Lipinski definition) is 1. The maximum atomic E-state index is 11.6. The molecular weight excluding hydrogens is 278 g/mol. The number of rotatable bonds is 6. The van der Waals surface area contributed by atoms with Crippen LogP contribution in [0.3, 0.4) is 0 Å². The van der Waals surface area contributed by atoms with Gasteiger partial charge in [-0.2, -0.15) is 0 Å². The minimum Gasteiger partial charge on any atom is -0.454 e. The van der Waals surface area contributed by atoms with Crippen LogP contribution in [0, 0.1) is 0 Å². The molecule has 0 aromatic heterocycles. The Hall–Kier alpha value is -0.980. The lowest BCUT2D eigenvalue weighted by Gasteiger charge is -2.06. The summed E-state index contributed by atoms with van der Waals surface area (Å²) in [6.45, 7) is 0.446. The Morgan fingerprint density at radius 3 is 2.83 bits per heavy atom. The summed E-state index contributed by atoms with van der Waals surface area (Å²) in [7, 11) is -3.26. The molecule has 0 unspecified atom stereocenters. The van der Waals surface area contributed by atoms with Gasteiger partial charge in [-0.25, -0.2) is 13.1 Å². The molecule has 0 amide bonds. The van der Waals surface area contributed by atoms with Gasteiger partial charge < -0.3 is 9.47 Å². The second kappa shape index (κ2) is 5.77. The summed E-state index contributed by atoms with van der Waals surface area (Å²) in [5, 5.41) is 0. The number of benzene rings is 1. The van der Waals surface area contributed by atoms with E-state index in [-0.39, 0.29) is 19.1 Å². The molecule has 0 aliphatic carbocycles. The topological polar surface area (TPSA) is 64.6 Å². The van der Waals surface area contributed by atoms with E-state index < -0.39 is 10.0 Å². The molecule has 0 fully saturated rings. The van der Waals surface area contributed by atoms with Crippen LogP contribution in [0.4, 0.5) is 0 Å². The van der Waals surface area contributed by atoms with Gasteiger partial charge in [0.05, 0.1) is 5.75 Å². The summed E-state index contributed by atoms with van der Waals surface area (Å²) in [6, 6.07) is 5.34. The van der Waals surface area contributed by atoms with E-state index in [2.05, 4.69) is 4.72 Å². The van der Waals surface area contributed by atoms with E-state index in [4.69, 9.17) is 21.1 Å². The molecule has 0 spiro atoms. The summed E-state index contributed by atoms with van der Waals surface area (Å²) < 4.78 is 36.1. The van der Waals surface area contributed by atoms with Crippen LogP contribution in [-0.4, -0.2) is 26.8 Å². The van der Waals surface area contributed by atoms with Crippen molar-refractivity contribution in [3.8, 4) is 11.5 Å². The number of alkyl halides is 1. The molecule has 7 heteroatoms. The van der Waals surface area contributed by atoms with E-state index in [1.54, 1.807) is 18.2 Å². The highest BCUT2D eigenvalue weighted by Gasteiger charge is 2.14. The first-order valence-electron chi connectivity index (χ1n) is 5.52. The Morgan fingerprint density at radius 2 is 2.06 bits per heavy atom. The van der Waals surface area contributed by atoms with Gasteiger partial charge in [-0.05, 0) is 24.1 Å². The first-order chi connectivity index (χ1) is 8.61. The zero-order valence-corrected chi connectivity index (χ0v) is 11.3. The van der Waals surface area contributed by atoms with Crippen molar-refractivity contribution in [2.45, 2.75) is 13.0 Å². The van der Waals surface area contributed by atoms with Crippen molar-refractivity contribution >= 4 is 21.6 Å². The van der Waals surface area contributed by atoms with Gasteiger partial charge in [-0.3, -0.25) is 0 Å². The minimum absolute atomic E-state index is 0.0427. The van der Waals surface area contributed by atoms with Gasteiger partial charge in [0.1, 0.15) is 0 Å². The Bertz CT molecular complexity index is 518. The highest BCUT2D eigenvalue weighted by Crippen LogP contribution is 2.32. The molecule has 0 saturated heterocycles. The van der Waals surface area contributed by atoms with Crippen molar-refractivity contribution in [3.05, 3.63) is 23.8 Å². The van der Waals surface area contributed by atoms with E-state index in [0.717, 1.165) is 5.56 Å². The van der Waals surface area contributed by atoms with Crippen LogP contribution < -0.4 is 14.2 Å². The molecular formula is C11H14ClNO4S. The number of halogens is 1. The monoisotopic (exact) mass is 291 g/mol. The number of ether oxygens (including phenoxy) is 2. The van der Waals surface area contributed by atoms with Crippen LogP contribution in [0.15, 0.2) is 18.2 Å². The molecule has 100 valence electrons. The standard InChI is InChI=1S/C11H14ClNO4S/c12-4-1-5-18(14,15)13-7-9-2-3-10-11(6-9)17-8-16-10/h2-3,6,13H,1,4-5,7-8H2. The quantitative estimate of drug-likeness (QED) is 0.806. The molecule has 1 aliphatic rings. The number of sulfonamides is 1. The van der Waals surface area contributed by atoms with Crippen LogP contribution in [0.1, 0.15) is 12.0 Å². The first kappa shape index (κ1) is 13.5. The lowest BCUT2D eigenvalue weighted by atomic mass is 10.2. The lowest BCUT2D eigenvalue weighted by Crippen LogP contribution is -2.26. The van der Waals surface area contributed by atoms with E-state index >= 15 is 0 Å². The lowest BCUT2D eigenvalue weighted by molar-refractivity contribution is 0.174. The fourth-order valence-corrected chi connectivity index (χ4v) is 2.91. The third kappa shape index (κ3) is 3.51. The van der Waals surface area contributed by atoms with Gasteiger partial charge in [-0.1, -0.05) is 6.07 Å². The van der Waals surface area contributed by atoms with Crippen molar-refractivity contribution in [1.82, 2.24) is 4.72 Å². The van der Waals surface area contributed by atoms with Gasteiger partial charge in [-0.15, -0.1) is 11.6 Å². The Balaban J connectivity index is 1.94. The van der Waals surface area contributed by atoms with Crippen molar-refractivity contribution in [1.29, 1.82) is 0 Å². The van der Waals surface area contributed by atoms with Crippen molar-refractivity contribution in [3.63, 3.8) is 0 Å². The summed E-state index contributed by atoms with van der Waals surface area (Å²) in [6.07, 6.45) is 0.442. The molecule has 0 saturated carbocycles. The average molecular weight is 292 g/mol. The number of fused-ring (bicyclic) bond motifs is 1. The molecule has 18 heavy (non-hydrogen) atoms. The van der Waals surface area contributed by atoms with Gasteiger partial charge in [0.25, 0.3) is 0 Å². The van der Waals surface area contributed by atoms with E-state index in [1.807, 2.05) is 0 Å². The molecule has 1 N–H and O–H groups in total. The Labute approximate surface area is 111 Å². The Kier molecular flexibility index (Phi) is 4.31. The van der Waals surface area contributed by atoms with Crippen LogP contribution in [0.2, 0.25) is 0 Å². The summed E-state index contributed by atoms with van der Waals surface area (Å²) in [5.41, 5.74) is 0.827. The normalized spacial score (nSPS) is 13.8. The van der Waals surface area contributed by atoms with Crippen LogP contribution in [0.25, 0.3) is 0 Å². The van der Waals surface area contributed by atoms with Crippen molar-refractivity contribution in [2.24, 2.45) is 0 Å². The molecule has 2 rings (SSSR count). The SMILES string of the molecule is O=S(=O)(CCCCl)NCc1ccc2c(c1)OCO2. The van der Waals surface area contributed by atoms with Crippen LogP contribution >= 0.6 is 11.6 Å². The second-order valence-electron chi connectivity index (χ2n) is 3.87. The summed E-state index contributed by atoms with van der Waals surface area (Å²) in [5.74, 6) is 1.71. The third-order valence-electron chi connectivity index (χ3n) is 2.48. The van der Waals surface area contributed by atoms with Gasteiger partial charge in [0.15, 0.2) is 11.5 Å². The van der Waals surface area contributed by atoms with Crippen molar-refractivity contribution < 1.29 is 17.9 Å². The van der Waals surface area contributed by atoms with E-state index in [0.29, 0.717) is 23.8 Å². The largest absolute Gasteiger partial charge is 0.454 e. The van der Waals surface area contributed by atoms with Crippen LogP contribution in [-0.2, 0) is 16.6 Å². The fraction of sp³-hybridized carbons (Fsp3) is 0.455. The van der Waals surface area contributed by atoms with E-state index in [9.17, 15) is 8.42 Å². The maximum Gasteiger partial charge on any atom is 0.231 e. The molecule has 1 aromatic rings. The fourth-order valence-electron chi connectivity index (χ4n) is 1.56. The zero-order valence-electron chi connectivity index (χ0n) is 9.69. The predicted octanol–water partition coefficient (Wildman–Crippen LogP) is 1.46. The maximum absolute atomic E-state index is 11.6. The van der Waals surface area contributed by atoms with Crippen LogP contribution in [0.5, 0.6) is 11.5 Å². The molecule has 0 atom stereocenters. The number of hydrogen-bond acceptors (Lipinski definition) is 4. The zero-order chi connectivity index (χ0) is 13.0. The molecule has 5 nitrogen and oxygen atoms in total. The minimum atomic E-state index is -3.26. The van der Waals surface area contributed by atoms with Gasteiger partial charge >= 0.3 is 0 Å². The van der Waals surface area contributed by atoms with E-state index in [1.165, 1.54) is 0 Å². The third-order valence-corrected chi connectivity index (χ3v) is 4.16. The summed E-state index contributed by atoms with van der Waals surface area (Å²) in [4.78, 5) is 0.